The van der Waals surface area contributed by atoms with Crippen LogP contribution in [0.3, 0.4) is 0 Å². The second-order valence-electron chi connectivity index (χ2n) is 5.00. The molecule has 0 aromatic heterocycles. The fraction of sp³-hybridized carbons (Fsp3) is 0.333. The normalized spacial score (nSPS) is 12.1. The molecule has 0 aliphatic heterocycles. The lowest BCUT2D eigenvalue weighted by atomic mass is 10.1. The van der Waals surface area contributed by atoms with E-state index in [9.17, 15) is 5.11 Å². The van der Waals surface area contributed by atoms with Crippen LogP contribution in [0.1, 0.15) is 36.6 Å². The first-order valence-electron chi connectivity index (χ1n) is 7.39. The predicted octanol–water partition coefficient (Wildman–Crippen LogP) is 3.43. The van der Waals surface area contributed by atoms with Crippen molar-refractivity contribution in [2.45, 2.75) is 33.0 Å². The number of nitrogens with one attached hydrogen (secondary N) is 1. The smallest absolute Gasteiger partial charge is 0.124 e. The van der Waals surface area contributed by atoms with Gasteiger partial charge >= 0.3 is 0 Å². The molecule has 0 spiro atoms. The molecule has 1 atom stereocenters. The minimum absolute atomic E-state index is 0.0712. The molecule has 0 saturated heterocycles. The molecule has 1 unspecified atom stereocenters. The second kappa shape index (κ2) is 7.81. The Morgan fingerprint density at radius 1 is 1.05 bits per heavy atom. The van der Waals surface area contributed by atoms with Crippen LogP contribution in [0.5, 0.6) is 5.75 Å². The lowest BCUT2D eigenvalue weighted by molar-refractivity contribution is 0.280. The van der Waals surface area contributed by atoms with Crippen molar-refractivity contribution in [3.8, 4) is 5.75 Å². The van der Waals surface area contributed by atoms with Gasteiger partial charge in [0.1, 0.15) is 5.75 Å². The Morgan fingerprint density at radius 2 is 1.71 bits per heavy atom. The van der Waals surface area contributed by atoms with E-state index in [2.05, 4.69) is 18.3 Å². The molecule has 0 heterocycles. The van der Waals surface area contributed by atoms with Gasteiger partial charge in [0.15, 0.2) is 0 Å². The molecule has 112 valence electrons. The lowest BCUT2D eigenvalue weighted by Crippen LogP contribution is -2.19. The summed E-state index contributed by atoms with van der Waals surface area (Å²) in [6, 6.07) is 16.2. The molecule has 21 heavy (non-hydrogen) atoms. The first kappa shape index (κ1) is 15.5. The summed E-state index contributed by atoms with van der Waals surface area (Å²) in [4.78, 5) is 0. The SMILES string of the molecule is CCOc1ccccc1C(C)NCc1ccccc1CO. The van der Waals surface area contributed by atoms with Crippen LogP contribution in [-0.2, 0) is 13.2 Å². The molecule has 2 rings (SSSR count). The molecule has 2 N–H and O–H groups in total. The average molecular weight is 285 g/mol. The van der Waals surface area contributed by atoms with Crippen molar-refractivity contribution in [2.24, 2.45) is 0 Å². The van der Waals surface area contributed by atoms with E-state index in [-0.39, 0.29) is 12.6 Å². The number of aliphatic hydroxyl groups excluding tert-OH is 1. The van der Waals surface area contributed by atoms with E-state index < -0.39 is 0 Å². The largest absolute Gasteiger partial charge is 0.494 e. The first-order valence-corrected chi connectivity index (χ1v) is 7.39. The Hall–Kier alpha value is -1.84. The number of hydrogen-bond acceptors (Lipinski definition) is 3. The van der Waals surface area contributed by atoms with Crippen LogP contribution < -0.4 is 10.1 Å². The van der Waals surface area contributed by atoms with Crippen molar-refractivity contribution >= 4 is 0 Å². The van der Waals surface area contributed by atoms with Crippen LogP contribution in [0.25, 0.3) is 0 Å². The third kappa shape index (κ3) is 4.06. The molecule has 0 bridgehead atoms. The van der Waals surface area contributed by atoms with Gasteiger partial charge in [0.25, 0.3) is 0 Å². The molecule has 0 aliphatic carbocycles. The van der Waals surface area contributed by atoms with Crippen molar-refractivity contribution in [3.05, 3.63) is 65.2 Å². The van der Waals surface area contributed by atoms with Gasteiger partial charge in [0, 0.05) is 18.2 Å². The van der Waals surface area contributed by atoms with E-state index in [1.807, 2.05) is 49.4 Å². The number of ether oxygens (including phenoxy) is 1. The molecule has 0 saturated carbocycles. The van der Waals surface area contributed by atoms with E-state index >= 15 is 0 Å². The highest BCUT2D eigenvalue weighted by molar-refractivity contribution is 5.36. The molecule has 3 heteroatoms. The Kier molecular flexibility index (Phi) is 5.78. The van der Waals surface area contributed by atoms with E-state index in [1.54, 1.807) is 0 Å². The zero-order valence-corrected chi connectivity index (χ0v) is 12.7. The van der Waals surface area contributed by atoms with Crippen molar-refractivity contribution < 1.29 is 9.84 Å². The summed E-state index contributed by atoms with van der Waals surface area (Å²) in [5, 5.41) is 12.9. The first-order chi connectivity index (χ1) is 10.3. The molecule has 0 fully saturated rings. The van der Waals surface area contributed by atoms with Crippen molar-refractivity contribution in [2.75, 3.05) is 6.61 Å². The Labute approximate surface area is 126 Å². The number of aliphatic hydroxyl groups is 1. The predicted molar refractivity (Wildman–Crippen MR) is 85.2 cm³/mol. The molecule has 3 nitrogen and oxygen atoms in total. The summed E-state index contributed by atoms with van der Waals surface area (Å²) in [6.45, 7) is 5.57. The standard InChI is InChI=1S/C18H23NO2/c1-3-21-18-11-7-6-10-17(18)14(2)19-12-15-8-4-5-9-16(15)13-20/h4-11,14,19-20H,3,12-13H2,1-2H3. The summed E-state index contributed by atoms with van der Waals surface area (Å²) in [7, 11) is 0. The maximum Gasteiger partial charge on any atom is 0.124 e. The average Bonchev–Trinajstić information content (AvgIpc) is 2.53. The maximum atomic E-state index is 9.37. The Balaban J connectivity index is 2.06. The van der Waals surface area contributed by atoms with Crippen LogP contribution in [0.4, 0.5) is 0 Å². The van der Waals surface area contributed by atoms with Crippen LogP contribution in [0.2, 0.25) is 0 Å². The molecular weight excluding hydrogens is 262 g/mol. The number of para-hydroxylation sites is 1. The van der Waals surface area contributed by atoms with Gasteiger partial charge in [-0.15, -0.1) is 0 Å². The zero-order valence-electron chi connectivity index (χ0n) is 12.7. The number of hydrogen-bond donors (Lipinski definition) is 2. The van der Waals surface area contributed by atoms with Gasteiger partial charge < -0.3 is 15.2 Å². The fourth-order valence-electron chi connectivity index (χ4n) is 2.38. The van der Waals surface area contributed by atoms with E-state index in [0.717, 1.165) is 29.0 Å². The highest BCUT2D eigenvalue weighted by Crippen LogP contribution is 2.25. The van der Waals surface area contributed by atoms with E-state index in [0.29, 0.717) is 6.61 Å². The highest BCUT2D eigenvalue weighted by atomic mass is 16.5. The molecule has 0 amide bonds. The monoisotopic (exact) mass is 285 g/mol. The quantitative estimate of drug-likeness (QED) is 0.819. The van der Waals surface area contributed by atoms with Crippen molar-refractivity contribution in [3.63, 3.8) is 0 Å². The maximum absolute atomic E-state index is 9.37. The second-order valence-corrected chi connectivity index (χ2v) is 5.00. The topological polar surface area (TPSA) is 41.5 Å². The minimum atomic E-state index is 0.0712. The minimum Gasteiger partial charge on any atom is -0.494 e. The summed E-state index contributed by atoms with van der Waals surface area (Å²) in [6.07, 6.45) is 0. The summed E-state index contributed by atoms with van der Waals surface area (Å²) in [5.41, 5.74) is 3.25. The summed E-state index contributed by atoms with van der Waals surface area (Å²) >= 11 is 0. The molecule has 0 aliphatic rings. The van der Waals surface area contributed by atoms with Crippen molar-refractivity contribution in [1.29, 1.82) is 0 Å². The lowest BCUT2D eigenvalue weighted by Gasteiger charge is -2.18. The zero-order chi connectivity index (χ0) is 15.1. The van der Waals surface area contributed by atoms with Gasteiger partial charge in [-0.05, 0) is 31.0 Å². The Morgan fingerprint density at radius 3 is 2.43 bits per heavy atom. The Bertz CT molecular complexity index is 569. The van der Waals surface area contributed by atoms with Crippen LogP contribution in [0.15, 0.2) is 48.5 Å². The summed E-state index contributed by atoms with van der Waals surface area (Å²) in [5.74, 6) is 0.926. The molecule has 0 radical (unpaired) electrons. The number of benzene rings is 2. The highest BCUT2D eigenvalue weighted by Gasteiger charge is 2.11. The van der Waals surface area contributed by atoms with Gasteiger partial charge in [-0.3, -0.25) is 0 Å². The van der Waals surface area contributed by atoms with Crippen molar-refractivity contribution in [1.82, 2.24) is 5.32 Å². The van der Waals surface area contributed by atoms with E-state index in [4.69, 9.17) is 4.74 Å². The molecular formula is C18H23NO2. The number of rotatable bonds is 7. The van der Waals surface area contributed by atoms with Gasteiger partial charge in [0.2, 0.25) is 0 Å². The van der Waals surface area contributed by atoms with E-state index in [1.165, 1.54) is 0 Å². The third-order valence-corrected chi connectivity index (χ3v) is 3.57. The molecule has 2 aromatic rings. The fourth-order valence-corrected chi connectivity index (χ4v) is 2.38. The van der Waals surface area contributed by atoms with Crippen LogP contribution >= 0.6 is 0 Å². The van der Waals surface area contributed by atoms with Gasteiger partial charge in [-0.1, -0.05) is 42.5 Å². The van der Waals surface area contributed by atoms with Gasteiger partial charge in [-0.2, -0.15) is 0 Å². The molecule has 2 aromatic carbocycles. The summed E-state index contributed by atoms with van der Waals surface area (Å²) < 4.78 is 5.68. The van der Waals surface area contributed by atoms with Crippen LogP contribution in [-0.4, -0.2) is 11.7 Å². The third-order valence-electron chi connectivity index (χ3n) is 3.57. The van der Waals surface area contributed by atoms with Gasteiger partial charge in [-0.25, -0.2) is 0 Å². The van der Waals surface area contributed by atoms with Crippen LogP contribution in [0, 0.1) is 0 Å². The van der Waals surface area contributed by atoms with Gasteiger partial charge in [0.05, 0.1) is 13.2 Å².